The summed E-state index contributed by atoms with van der Waals surface area (Å²) < 4.78 is 5.33. The van der Waals surface area contributed by atoms with Crippen LogP contribution in [0.3, 0.4) is 0 Å². The van der Waals surface area contributed by atoms with Crippen molar-refractivity contribution in [1.82, 2.24) is 0 Å². The number of ether oxygens (including phenoxy) is 1. The van der Waals surface area contributed by atoms with Crippen LogP contribution in [0, 0.1) is 11.8 Å². The summed E-state index contributed by atoms with van der Waals surface area (Å²) in [6.07, 6.45) is 15.6. The van der Waals surface area contributed by atoms with E-state index < -0.39 is 17.8 Å². The standard InChI is InChI=1S/C20H36O4/c1-2-3-4-5-6-7-8-9-10-13-16-24-20(23)18-15-12-11-14-17(18)19(21)22/h17-18H,2-16H2,1H3,(H,21,22). The fourth-order valence-electron chi connectivity index (χ4n) is 3.58. The Labute approximate surface area is 147 Å². The van der Waals surface area contributed by atoms with E-state index in [0.717, 1.165) is 25.7 Å². The predicted molar refractivity (Wildman–Crippen MR) is 95.9 cm³/mol. The van der Waals surface area contributed by atoms with Crippen LogP contribution in [0.5, 0.6) is 0 Å². The molecule has 0 aromatic heterocycles. The molecule has 0 aliphatic heterocycles. The molecular weight excluding hydrogens is 304 g/mol. The van der Waals surface area contributed by atoms with Crippen LogP contribution in [0.25, 0.3) is 0 Å². The maximum Gasteiger partial charge on any atom is 0.309 e. The van der Waals surface area contributed by atoms with Gasteiger partial charge in [0.2, 0.25) is 0 Å². The van der Waals surface area contributed by atoms with Crippen LogP contribution in [0.15, 0.2) is 0 Å². The number of carboxylic acid groups (broad SMARTS) is 1. The number of rotatable bonds is 13. The van der Waals surface area contributed by atoms with Gasteiger partial charge < -0.3 is 9.84 Å². The van der Waals surface area contributed by atoms with Crippen molar-refractivity contribution in [3.05, 3.63) is 0 Å². The summed E-state index contributed by atoms with van der Waals surface area (Å²) in [7, 11) is 0. The molecule has 1 fully saturated rings. The molecule has 0 aromatic carbocycles. The summed E-state index contributed by atoms with van der Waals surface area (Å²) in [5.41, 5.74) is 0. The third-order valence-corrected chi connectivity index (χ3v) is 5.13. The number of aliphatic carboxylic acids is 1. The zero-order valence-corrected chi connectivity index (χ0v) is 15.4. The Morgan fingerprint density at radius 3 is 1.88 bits per heavy atom. The summed E-state index contributed by atoms with van der Waals surface area (Å²) in [5.74, 6) is -2.12. The van der Waals surface area contributed by atoms with Crippen molar-refractivity contribution < 1.29 is 19.4 Å². The van der Waals surface area contributed by atoms with Gasteiger partial charge in [-0.2, -0.15) is 0 Å². The Morgan fingerprint density at radius 2 is 1.33 bits per heavy atom. The van der Waals surface area contributed by atoms with E-state index in [2.05, 4.69) is 6.92 Å². The first-order valence-corrected chi connectivity index (χ1v) is 10.1. The minimum Gasteiger partial charge on any atom is -0.481 e. The molecule has 0 heterocycles. The van der Waals surface area contributed by atoms with Crippen molar-refractivity contribution in [1.29, 1.82) is 0 Å². The topological polar surface area (TPSA) is 63.6 Å². The van der Waals surface area contributed by atoms with Crippen LogP contribution in [0.2, 0.25) is 0 Å². The molecular formula is C20H36O4. The molecule has 2 atom stereocenters. The molecule has 0 amide bonds. The molecule has 24 heavy (non-hydrogen) atoms. The second kappa shape index (κ2) is 13.3. The fraction of sp³-hybridized carbons (Fsp3) is 0.900. The molecule has 0 saturated heterocycles. The van der Waals surface area contributed by atoms with E-state index in [1.807, 2.05) is 0 Å². The average molecular weight is 341 g/mol. The molecule has 1 aliphatic rings. The Morgan fingerprint density at radius 1 is 0.833 bits per heavy atom. The van der Waals surface area contributed by atoms with E-state index in [9.17, 15) is 14.7 Å². The Bertz CT molecular complexity index is 354. The minimum absolute atomic E-state index is 0.293. The van der Waals surface area contributed by atoms with Crippen molar-refractivity contribution in [3.8, 4) is 0 Å². The quantitative estimate of drug-likeness (QED) is 0.363. The lowest BCUT2D eigenvalue weighted by Gasteiger charge is -2.26. The van der Waals surface area contributed by atoms with Crippen LogP contribution in [0.4, 0.5) is 0 Å². The summed E-state index contributed by atoms with van der Waals surface area (Å²) in [6, 6.07) is 0. The first kappa shape index (κ1) is 21.0. The van der Waals surface area contributed by atoms with E-state index in [1.165, 1.54) is 51.4 Å². The number of hydrogen-bond donors (Lipinski definition) is 1. The second-order valence-corrected chi connectivity index (χ2v) is 7.19. The average Bonchev–Trinajstić information content (AvgIpc) is 2.59. The summed E-state index contributed by atoms with van der Waals surface area (Å²) in [5, 5.41) is 9.21. The molecule has 140 valence electrons. The number of esters is 1. The van der Waals surface area contributed by atoms with Crippen LogP contribution >= 0.6 is 0 Å². The lowest BCUT2D eigenvalue weighted by atomic mass is 9.79. The van der Waals surface area contributed by atoms with Gasteiger partial charge in [0.1, 0.15) is 0 Å². The second-order valence-electron chi connectivity index (χ2n) is 7.19. The summed E-state index contributed by atoms with van der Waals surface area (Å²) >= 11 is 0. The lowest BCUT2D eigenvalue weighted by Crippen LogP contribution is -2.33. The van der Waals surface area contributed by atoms with Gasteiger partial charge in [-0.15, -0.1) is 0 Å². The number of carbonyl (C=O) groups is 2. The van der Waals surface area contributed by atoms with Gasteiger partial charge in [-0.1, -0.05) is 77.6 Å². The lowest BCUT2D eigenvalue weighted by molar-refractivity contribution is -0.159. The third kappa shape index (κ3) is 8.70. The third-order valence-electron chi connectivity index (χ3n) is 5.13. The molecule has 0 spiro atoms. The van der Waals surface area contributed by atoms with Crippen LogP contribution in [-0.2, 0) is 14.3 Å². The molecule has 4 heteroatoms. The van der Waals surface area contributed by atoms with Gasteiger partial charge in [-0.25, -0.2) is 0 Å². The smallest absolute Gasteiger partial charge is 0.309 e. The van der Waals surface area contributed by atoms with Crippen molar-refractivity contribution in [2.75, 3.05) is 6.61 Å². The Kier molecular flexibility index (Phi) is 11.6. The Hall–Kier alpha value is -1.06. The molecule has 1 N–H and O–H groups in total. The SMILES string of the molecule is CCCCCCCCCCCCOC(=O)C1CCCCC1C(=O)O. The fourth-order valence-corrected chi connectivity index (χ4v) is 3.58. The molecule has 0 bridgehead atoms. The molecule has 1 rings (SSSR count). The summed E-state index contributed by atoms with van der Waals surface area (Å²) in [4.78, 5) is 23.3. The summed E-state index contributed by atoms with van der Waals surface area (Å²) in [6.45, 7) is 2.68. The van der Waals surface area contributed by atoms with Crippen LogP contribution < -0.4 is 0 Å². The van der Waals surface area contributed by atoms with Gasteiger partial charge in [0, 0.05) is 0 Å². The first-order chi connectivity index (χ1) is 11.7. The van der Waals surface area contributed by atoms with E-state index in [1.54, 1.807) is 0 Å². The molecule has 1 saturated carbocycles. The van der Waals surface area contributed by atoms with Crippen LogP contribution in [0.1, 0.15) is 96.8 Å². The van der Waals surface area contributed by atoms with Crippen molar-refractivity contribution in [2.45, 2.75) is 96.8 Å². The van der Waals surface area contributed by atoms with E-state index in [-0.39, 0.29) is 5.97 Å². The van der Waals surface area contributed by atoms with Crippen molar-refractivity contribution in [3.63, 3.8) is 0 Å². The molecule has 0 aromatic rings. The highest BCUT2D eigenvalue weighted by Crippen LogP contribution is 2.31. The predicted octanol–water partition coefficient (Wildman–Crippen LogP) is 5.34. The maximum absolute atomic E-state index is 12.1. The zero-order chi connectivity index (χ0) is 17.6. The normalized spacial score (nSPS) is 20.7. The Balaban J connectivity index is 2.00. The van der Waals surface area contributed by atoms with Gasteiger partial charge >= 0.3 is 11.9 Å². The number of carbonyl (C=O) groups excluding carboxylic acids is 1. The van der Waals surface area contributed by atoms with Gasteiger partial charge in [0.15, 0.2) is 0 Å². The highest BCUT2D eigenvalue weighted by Gasteiger charge is 2.36. The van der Waals surface area contributed by atoms with Crippen LogP contribution in [-0.4, -0.2) is 23.7 Å². The number of unbranched alkanes of at least 4 members (excludes halogenated alkanes) is 9. The number of carboxylic acids is 1. The molecule has 2 unspecified atom stereocenters. The van der Waals surface area contributed by atoms with Gasteiger partial charge in [-0.3, -0.25) is 9.59 Å². The molecule has 0 radical (unpaired) electrons. The number of hydrogen-bond acceptors (Lipinski definition) is 3. The van der Waals surface area contributed by atoms with E-state index >= 15 is 0 Å². The van der Waals surface area contributed by atoms with Crippen molar-refractivity contribution in [2.24, 2.45) is 11.8 Å². The van der Waals surface area contributed by atoms with Gasteiger partial charge in [-0.05, 0) is 19.3 Å². The first-order valence-electron chi connectivity index (χ1n) is 10.1. The largest absolute Gasteiger partial charge is 0.481 e. The van der Waals surface area contributed by atoms with E-state index in [0.29, 0.717) is 19.4 Å². The van der Waals surface area contributed by atoms with Crippen molar-refractivity contribution >= 4 is 11.9 Å². The van der Waals surface area contributed by atoms with E-state index in [4.69, 9.17) is 4.74 Å². The van der Waals surface area contributed by atoms with Gasteiger partial charge in [0.25, 0.3) is 0 Å². The van der Waals surface area contributed by atoms with Gasteiger partial charge in [0.05, 0.1) is 18.4 Å². The molecule has 4 nitrogen and oxygen atoms in total. The zero-order valence-electron chi connectivity index (χ0n) is 15.4. The maximum atomic E-state index is 12.1. The minimum atomic E-state index is -0.851. The highest BCUT2D eigenvalue weighted by molar-refractivity contribution is 5.81. The highest BCUT2D eigenvalue weighted by atomic mass is 16.5. The monoisotopic (exact) mass is 340 g/mol. The molecule has 1 aliphatic carbocycles.